The van der Waals surface area contributed by atoms with Gasteiger partial charge >= 0.3 is 6.18 Å². The Labute approximate surface area is 245 Å². The number of halogens is 4. The summed E-state index contributed by atoms with van der Waals surface area (Å²) in [6.45, 7) is 5.20. The number of carbonyl (C=O) groups is 1. The zero-order valence-corrected chi connectivity index (χ0v) is 23.9. The molecule has 0 saturated carbocycles. The zero-order valence-electron chi connectivity index (χ0n) is 22.4. The lowest BCUT2D eigenvalue weighted by molar-refractivity contribution is -0.137. The van der Waals surface area contributed by atoms with Crippen LogP contribution >= 0.6 is 23.4 Å². The van der Waals surface area contributed by atoms with Gasteiger partial charge in [0, 0.05) is 12.1 Å². The first-order chi connectivity index (χ1) is 19.7. The third-order valence-electron chi connectivity index (χ3n) is 5.86. The van der Waals surface area contributed by atoms with Crippen molar-refractivity contribution in [1.29, 1.82) is 0 Å². The third kappa shape index (κ3) is 7.74. The molecule has 1 N–H and O–H groups in total. The quantitative estimate of drug-likeness (QED) is 0.178. The summed E-state index contributed by atoms with van der Waals surface area (Å²) >= 11 is 7.44. The molecule has 0 bridgehead atoms. The molecule has 0 aliphatic carbocycles. The maximum Gasteiger partial charge on any atom is 0.416 e. The molecular formula is C29H28ClF3N4O3S. The van der Waals surface area contributed by atoms with Crippen molar-refractivity contribution in [2.45, 2.75) is 31.6 Å². The SMILES string of the molecule is CCOc1ccc(CCNC(=O)CSc2nnc(-c3ccccc3Cl)n2-c2cccc(C(F)(F)F)c2)cc1OCC. The predicted molar refractivity (Wildman–Crippen MR) is 153 cm³/mol. The van der Waals surface area contributed by atoms with Crippen LogP contribution in [0.1, 0.15) is 25.0 Å². The second-order valence-corrected chi connectivity index (χ2v) is 10.1. The number of nitrogens with zero attached hydrogens (tertiary/aromatic N) is 3. The van der Waals surface area contributed by atoms with Gasteiger partial charge in [-0.1, -0.05) is 47.6 Å². The maximum atomic E-state index is 13.5. The zero-order chi connectivity index (χ0) is 29.4. The molecule has 4 aromatic rings. The fourth-order valence-corrected chi connectivity index (χ4v) is 5.01. The van der Waals surface area contributed by atoms with E-state index in [1.54, 1.807) is 24.3 Å². The van der Waals surface area contributed by atoms with Gasteiger partial charge in [-0.2, -0.15) is 13.2 Å². The largest absolute Gasteiger partial charge is 0.490 e. The molecule has 1 heterocycles. The monoisotopic (exact) mass is 604 g/mol. The Morgan fingerprint density at radius 1 is 0.976 bits per heavy atom. The molecule has 0 saturated heterocycles. The molecule has 1 aromatic heterocycles. The van der Waals surface area contributed by atoms with E-state index in [1.807, 2.05) is 32.0 Å². The van der Waals surface area contributed by atoms with Crippen LogP contribution in [0.4, 0.5) is 13.2 Å². The normalized spacial score (nSPS) is 11.4. The minimum absolute atomic E-state index is 0.0207. The molecule has 4 rings (SSSR count). The fourth-order valence-electron chi connectivity index (χ4n) is 4.01. The number of aromatic nitrogens is 3. The van der Waals surface area contributed by atoms with Crippen molar-refractivity contribution in [2.24, 2.45) is 0 Å². The summed E-state index contributed by atoms with van der Waals surface area (Å²) in [6.07, 6.45) is -3.96. The highest BCUT2D eigenvalue weighted by Gasteiger charge is 2.31. The molecule has 12 heteroatoms. The van der Waals surface area contributed by atoms with Gasteiger partial charge in [-0.25, -0.2) is 0 Å². The molecule has 0 aliphatic heterocycles. The highest BCUT2D eigenvalue weighted by atomic mass is 35.5. The van der Waals surface area contributed by atoms with E-state index < -0.39 is 11.7 Å². The number of amides is 1. The van der Waals surface area contributed by atoms with Gasteiger partial charge in [0.05, 0.1) is 35.2 Å². The third-order valence-corrected chi connectivity index (χ3v) is 7.11. The number of rotatable bonds is 12. The Hall–Kier alpha value is -3.70. The second-order valence-electron chi connectivity index (χ2n) is 8.71. The van der Waals surface area contributed by atoms with E-state index in [2.05, 4.69) is 15.5 Å². The summed E-state index contributed by atoms with van der Waals surface area (Å²) < 4.78 is 53.1. The number of alkyl halides is 3. The molecule has 7 nitrogen and oxygen atoms in total. The lowest BCUT2D eigenvalue weighted by Crippen LogP contribution is -2.27. The summed E-state index contributed by atoms with van der Waals surface area (Å²) in [7, 11) is 0. The van der Waals surface area contributed by atoms with Crippen LogP contribution in [-0.4, -0.2) is 46.2 Å². The summed E-state index contributed by atoms with van der Waals surface area (Å²) in [5.74, 6) is 1.30. The second kappa shape index (κ2) is 13.8. The van der Waals surface area contributed by atoms with Gasteiger partial charge < -0.3 is 14.8 Å². The number of benzene rings is 3. The van der Waals surface area contributed by atoms with Crippen molar-refractivity contribution < 1.29 is 27.4 Å². The lowest BCUT2D eigenvalue weighted by Gasteiger charge is -2.14. The topological polar surface area (TPSA) is 78.3 Å². The van der Waals surface area contributed by atoms with Gasteiger partial charge in [-0.3, -0.25) is 9.36 Å². The van der Waals surface area contributed by atoms with Crippen LogP contribution < -0.4 is 14.8 Å². The van der Waals surface area contributed by atoms with Crippen LogP contribution in [0.5, 0.6) is 11.5 Å². The summed E-state index contributed by atoms with van der Waals surface area (Å²) in [6, 6.07) is 17.3. The average molecular weight is 605 g/mol. The molecule has 0 fully saturated rings. The van der Waals surface area contributed by atoms with Crippen LogP contribution in [0.2, 0.25) is 5.02 Å². The average Bonchev–Trinajstić information content (AvgIpc) is 3.37. The van der Waals surface area contributed by atoms with E-state index in [4.69, 9.17) is 21.1 Å². The van der Waals surface area contributed by atoms with Crippen molar-refractivity contribution in [3.05, 3.63) is 82.9 Å². The molecule has 0 unspecified atom stereocenters. The lowest BCUT2D eigenvalue weighted by atomic mass is 10.1. The van der Waals surface area contributed by atoms with Gasteiger partial charge in [0.2, 0.25) is 5.91 Å². The van der Waals surface area contributed by atoms with Crippen molar-refractivity contribution in [3.63, 3.8) is 0 Å². The summed E-state index contributed by atoms with van der Waals surface area (Å²) in [5.41, 5.74) is 0.850. The smallest absolute Gasteiger partial charge is 0.416 e. The number of nitrogens with one attached hydrogen (secondary N) is 1. The van der Waals surface area contributed by atoms with Crippen molar-refractivity contribution in [2.75, 3.05) is 25.5 Å². The number of thioether (sulfide) groups is 1. The number of ether oxygens (including phenoxy) is 2. The van der Waals surface area contributed by atoms with Gasteiger partial charge in [-0.05, 0) is 68.3 Å². The molecule has 216 valence electrons. The van der Waals surface area contributed by atoms with Gasteiger partial charge in [0.15, 0.2) is 22.5 Å². The van der Waals surface area contributed by atoms with Crippen molar-refractivity contribution >= 4 is 29.3 Å². The van der Waals surface area contributed by atoms with Crippen LogP contribution in [-0.2, 0) is 17.4 Å². The Morgan fingerprint density at radius 2 is 1.73 bits per heavy atom. The highest BCUT2D eigenvalue weighted by Crippen LogP contribution is 2.35. The van der Waals surface area contributed by atoms with E-state index in [-0.39, 0.29) is 28.3 Å². The molecule has 3 aromatic carbocycles. The number of hydrogen-bond acceptors (Lipinski definition) is 6. The summed E-state index contributed by atoms with van der Waals surface area (Å²) in [5, 5.41) is 11.9. The van der Waals surface area contributed by atoms with Crippen LogP contribution in [0, 0.1) is 0 Å². The Bertz CT molecular complexity index is 1500. The van der Waals surface area contributed by atoms with E-state index in [9.17, 15) is 18.0 Å². The Kier molecular flexibility index (Phi) is 10.2. The first kappa shape index (κ1) is 30.3. The molecule has 0 spiro atoms. The van der Waals surface area contributed by atoms with E-state index in [1.165, 1.54) is 16.7 Å². The van der Waals surface area contributed by atoms with Crippen LogP contribution in [0.3, 0.4) is 0 Å². The highest BCUT2D eigenvalue weighted by molar-refractivity contribution is 7.99. The van der Waals surface area contributed by atoms with Crippen molar-refractivity contribution in [1.82, 2.24) is 20.1 Å². The first-order valence-electron chi connectivity index (χ1n) is 12.9. The molecule has 0 atom stereocenters. The first-order valence-corrected chi connectivity index (χ1v) is 14.2. The standard InChI is InChI=1S/C29H28ClF3N4O3S/c1-3-39-24-13-12-19(16-25(24)40-4-2)14-15-34-26(38)18-41-28-36-35-27(22-10-5-6-11-23(22)30)37(28)21-9-7-8-20(17-21)29(31,32)33/h5-13,16-17H,3-4,14-15,18H2,1-2H3,(H,34,38). The molecular weight excluding hydrogens is 577 g/mol. The van der Waals surface area contributed by atoms with E-state index in [0.717, 1.165) is 29.5 Å². The predicted octanol–water partition coefficient (Wildman–Crippen LogP) is 6.85. The summed E-state index contributed by atoms with van der Waals surface area (Å²) in [4.78, 5) is 12.7. The minimum atomic E-state index is -4.53. The minimum Gasteiger partial charge on any atom is -0.490 e. The van der Waals surface area contributed by atoms with Crippen LogP contribution in [0.25, 0.3) is 17.1 Å². The molecule has 0 radical (unpaired) electrons. The van der Waals surface area contributed by atoms with Gasteiger partial charge in [-0.15, -0.1) is 10.2 Å². The molecule has 1 amide bonds. The fraction of sp³-hybridized carbons (Fsp3) is 0.276. The number of hydrogen-bond donors (Lipinski definition) is 1. The Morgan fingerprint density at radius 3 is 2.46 bits per heavy atom. The molecule has 41 heavy (non-hydrogen) atoms. The van der Waals surface area contributed by atoms with Gasteiger partial charge in [0.1, 0.15) is 0 Å². The van der Waals surface area contributed by atoms with Gasteiger partial charge in [0.25, 0.3) is 0 Å². The van der Waals surface area contributed by atoms with Crippen LogP contribution in [0.15, 0.2) is 71.9 Å². The van der Waals surface area contributed by atoms with E-state index in [0.29, 0.717) is 48.3 Å². The van der Waals surface area contributed by atoms with E-state index >= 15 is 0 Å². The number of carbonyl (C=O) groups excluding carboxylic acids is 1. The Balaban J connectivity index is 1.48. The molecule has 0 aliphatic rings. The maximum absolute atomic E-state index is 13.5. The van der Waals surface area contributed by atoms with Crippen molar-refractivity contribution in [3.8, 4) is 28.6 Å².